The smallest absolute Gasteiger partial charge is 0.159 e. The van der Waals surface area contributed by atoms with Gasteiger partial charge in [0.25, 0.3) is 0 Å². The van der Waals surface area contributed by atoms with Crippen LogP contribution in [0.15, 0.2) is 41.5 Å². The number of rotatable bonds is 5. The number of benzene rings is 1. The third-order valence-electron chi connectivity index (χ3n) is 6.56. The van der Waals surface area contributed by atoms with Crippen molar-refractivity contribution in [2.75, 3.05) is 6.54 Å². The average molecular weight is 428 g/mol. The van der Waals surface area contributed by atoms with Crippen LogP contribution in [-0.4, -0.2) is 55.5 Å². The summed E-state index contributed by atoms with van der Waals surface area (Å²) >= 11 is 1.57. The number of fused-ring (bicyclic) bond motifs is 1. The molecule has 30 heavy (non-hydrogen) atoms. The molecule has 3 aliphatic rings. The van der Waals surface area contributed by atoms with Gasteiger partial charge in [-0.05, 0) is 25.3 Å². The number of aliphatic imine (C=N–C) groups is 1. The quantitative estimate of drug-likeness (QED) is 0.763. The number of amidine groups is 1. The van der Waals surface area contributed by atoms with Gasteiger partial charge in [0.1, 0.15) is 5.44 Å². The Hall–Kier alpha value is -1.90. The standard InChI is InChI=1S/C22H29N5O2S/c1-2-23-21-24-19-17(28)12-16(29-20(19)30-21)13-27-14-18(25-26-27)22(10-6-7-11-22)15-8-4-3-5-9-15/h3-5,8-9,14,16-17,19-20,28H,2,6-7,10-13H2,1H3,(H,23,24). The minimum Gasteiger partial charge on any atom is -0.391 e. The van der Waals surface area contributed by atoms with Gasteiger partial charge in [0.2, 0.25) is 0 Å². The van der Waals surface area contributed by atoms with E-state index in [2.05, 4.69) is 57.1 Å². The average Bonchev–Trinajstić information content (AvgIpc) is 3.49. The number of hydrogen-bond donors (Lipinski definition) is 2. The zero-order valence-corrected chi connectivity index (χ0v) is 18.1. The maximum atomic E-state index is 10.6. The first-order valence-corrected chi connectivity index (χ1v) is 11.8. The van der Waals surface area contributed by atoms with Crippen molar-refractivity contribution < 1.29 is 9.84 Å². The van der Waals surface area contributed by atoms with Crippen LogP contribution in [0.4, 0.5) is 0 Å². The highest BCUT2D eigenvalue weighted by atomic mass is 32.2. The molecule has 1 saturated carbocycles. The van der Waals surface area contributed by atoms with Gasteiger partial charge in [0, 0.05) is 24.6 Å². The molecule has 2 aromatic rings. The molecule has 2 saturated heterocycles. The molecule has 8 heteroatoms. The Morgan fingerprint density at radius 2 is 2.10 bits per heavy atom. The van der Waals surface area contributed by atoms with Crippen molar-refractivity contribution in [1.29, 1.82) is 0 Å². The van der Waals surface area contributed by atoms with E-state index in [1.165, 1.54) is 18.4 Å². The topological polar surface area (TPSA) is 84.6 Å². The van der Waals surface area contributed by atoms with Gasteiger partial charge in [-0.3, -0.25) is 4.99 Å². The van der Waals surface area contributed by atoms with Crippen molar-refractivity contribution in [2.24, 2.45) is 4.99 Å². The van der Waals surface area contributed by atoms with Gasteiger partial charge < -0.3 is 15.2 Å². The molecule has 4 atom stereocenters. The van der Waals surface area contributed by atoms with E-state index in [1.54, 1.807) is 11.8 Å². The number of aliphatic hydroxyl groups is 1. The summed E-state index contributed by atoms with van der Waals surface area (Å²) in [6.07, 6.45) is 6.77. The molecule has 4 unspecified atom stereocenters. The number of ether oxygens (including phenoxy) is 1. The summed E-state index contributed by atoms with van der Waals surface area (Å²) in [7, 11) is 0. The fourth-order valence-electron chi connectivity index (χ4n) is 5.07. The molecule has 2 aliphatic heterocycles. The summed E-state index contributed by atoms with van der Waals surface area (Å²) < 4.78 is 8.17. The number of aromatic nitrogens is 3. The van der Waals surface area contributed by atoms with E-state index in [9.17, 15) is 5.11 Å². The number of hydrogen-bond acceptors (Lipinski definition) is 6. The molecule has 2 N–H and O–H groups in total. The highest BCUT2D eigenvalue weighted by Gasteiger charge is 2.44. The van der Waals surface area contributed by atoms with Gasteiger partial charge in [-0.1, -0.05) is 60.1 Å². The van der Waals surface area contributed by atoms with Gasteiger partial charge in [0.05, 0.1) is 30.5 Å². The van der Waals surface area contributed by atoms with Crippen molar-refractivity contribution in [2.45, 2.75) is 74.7 Å². The van der Waals surface area contributed by atoms with Gasteiger partial charge in [-0.25, -0.2) is 4.68 Å². The molecule has 1 aromatic heterocycles. The minimum atomic E-state index is -0.459. The minimum absolute atomic E-state index is 0.0334. The molecule has 3 fully saturated rings. The van der Waals surface area contributed by atoms with E-state index in [1.807, 2.05) is 11.6 Å². The van der Waals surface area contributed by atoms with Gasteiger partial charge in [-0.15, -0.1) is 5.10 Å². The molecule has 160 valence electrons. The van der Waals surface area contributed by atoms with Crippen molar-refractivity contribution in [3.63, 3.8) is 0 Å². The van der Waals surface area contributed by atoms with Crippen LogP contribution in [-0.2, 0) is 16.7 Å². The predicted molar refractivity (Wildman–Crippen MR) is 117 cm³/mol. The highest BCUT2D eigenvalue weighted by Crippen LogP contribution is 2.45. The summed E-state index contributed by atoms with van der Waals surface area (Å²) in [5.41, 5.74) is 2.24. The molecule has 1 aliphatic carbocycles. The Balaban J connectivity index is 1.31. The predicted octanol–water partition coefficient (Wildman–Crippen LogP) is 2.70. The lowest BCUT2D eigenvalue weighted by Gasteiger charge is -2.34. The Labute approximate surface area is 181 Å². The summed E-state index contributed by atoms with van der Waals surface area (Å²) in [4.78, 5) is 4.42. The lowest BCUT2D eigenvalue weighted by molar-refractivity contribution is -0.0809. The van der Waals surface area contributed by atoms with E-state index in [-0.39, 0.29) is 23.0 Å². The Morgan fingerprint density at radius 1 is 1.30 bits per heavy atom. The van der Waals surface area contributed by atoms with E-state index in [4.69, 9.17) is 4.74 Å². The Bertz CT molecular complexity index is 896. The second-order valence-corrected chi connectivity index (χ2v) is 9.57. The summed E-state index contributed by atoms with van der Waals surface area (Å²) in [5.74, 6) is 0. The maximum Gasteiger partial charge on any atom is 0.159 e. The molecular formula is C22H29N5O2S. The maximum absolute atomic E-state index is 10.6. The SMILES string of the molecule is CCN=C1NC2C(O)CC(Cn3cc(C4(c5ccccc5)CCCC4)nn3)OC2S1. The molecule has 0 spiro atoms. The van der Waals surface area contributed by atoms with Crippen LogP contribution < -0.4 is 5.32 Å². The summed E-state index contributed by atoms with van der Waals surface area (Å²) in [6, 6.07) is 10.6. The van der Waals surface area contributed by atoms with Crippen molar-refractivity contribution >= 4 is 16.9 Å². The van der Waals surface area contributed by atoms with Crippen LogP contribution in [0.2, 0.25) is 0 Å². The molecule has 0 bridgehead atoms. The van der Waals surface area contributed by atoms with Crippen molar-refractivity contribution in [3.8, 4) is 0 Å². The third-order valence-corrected chi connectivity index (χ3v) is 7.67. The van der Waals surface area contributed by atoms with Crippen LogP contribution in [0.1, 0.15) is 50.3 Å². The monoisotopic (exact) mass is 427 g/mol. The normalized spacial score (nSPS) is 31.6. The zero-order valence-electron chi connectivity index (χ0n) is 17.3. The second kappa shape index (κ2) is 8.32. The first kappa shape index (κ1) is 20.0. The largest absolute Gasteiger partial charge is 0.391 e. The third kappa shape index (κ3) is 3.65. The van der Waals surface area contributed by atoms with Crippen LogP contribution in [0.25, 0.3) is 0 Å². The van der Waals surface area contributed by atoms with Gasteiger partial charge >= 0.3 is 0 Å². The van der Waals surface area contributed by atoms with E-state index in [0.29, 0.717) is 13.0 Å². The fraction of sp³-hybridized carbons (Fsp3) is 0.591. The summed E-state index contributed by atoms with van der Waals surface area (Å²) in [5, 5.41) is 23.8. The molecule has 0 radical (unpaired) electrons. The first-order valence-electron chi connectivity index (χ1n) is 11.0. The first-order chi connectivity index (χ1) is 14.7. The van der Waals surface area contributed by atoms with Crippen LogP contribution in [0.3, 0.4) is 0 Å². The Morgan fingerprint density at radius 3 is 2.87 bits per heavy atom. The Kier molecular flexibility index (Phi) is 5.56. The van der Waals surface area contributed by atoms with Crippen molar-refractivity contribution in [1.82, 2.24) is 20.3 Å². The van der Waals surface area contributed by atoms with E-state index in [0.717, 1.165) is 30.2 Å². The lowest BCUT2D eigenvalue weighted by atomic mass is 9.76. The number of nitrogens with zero attached hydrogens (tertiary/aromatic N) is 4. The molecule has 7 nitrogen and oxygen atoms in total. The number of nitrogens with one attached hydrogen (secondary N) is 1. The number of thioether (sulfide) groups is 1. The van der Waals surface area contributed by atoms with E-state index >= 15 is 0 Å². The highest BCUT2D eigenvalue weighted by molar-refractivity contribution is 8.14. The van der Waals surface area contributed by atoms with Crippen LogP contribution in [0, 0.1) is 0 Å². The lowest BCUT2D eigenvalue weighted by Crippen LogP contribution is -2.51. The van der Waals surface area contributed by atoms with Gasteiger partial charge in [0.15, 0.2) is 5.17 Å². The van der Waals surface area contributed by atoms with Crippen LogP contribution in [0.5, 0.6) is 0 Å². The van der Waals surface area contributed by atoms with Crippen LogP contribution >= 0.6 is 11.8 Å². The number of aliphatic hydroxyl groups excluding tert-OH is 1. The zero-order chi connectivity index (χ0) is 20.6. The molecule has 3 heterocycles. The second-order valence-electron chi connectivity index (χ2n) is 8.48. The molecule has 1 aromatic carbocycles. The molecular weight excluding hydrogens is 398 g/mol. The van der Waals surface area contributed by atoms with Crippen molar-refractivity contribution in [3.05, 3.63) is 47.8 Å². The van der Waals surface area contributed by atoms with E-state index < -0.39 is 6.10 Å². The van der Waals surface area contributed by atoms with Gasteiger partial charge in [-0.2, -0.15) is 0 Å². The molecule has 0 amide bonds. The molecule has 5 rings (SSSR count). The summed E-state index contributed by atoms with van der Waals surface area (Å²) in [6.45, 7) is 3.32. The fourth-order valence-corrected chi connectivity index (χ4v) is 6.30.